The lowest BCUT2D eigenvalue weighted by atomic mass is 10.5. The third kappa shape index (κ3) is 1.43. The highest BCUT2D eigenvalue weighted by atomic mass is 32.1. The van der Waals surface area contributed by atoms with Gasteiger partial charge < -0.3 is 5.11 Å². The minimum Gasteiger partial charge on any atom is -0.475 e. The molecule has 0 amide bonds. The van der Waals surface area contributed by atoms with Gasteiger partial charge in [0.2, 0.25) is 0 Å². The number of carboxylic acids is 1. The summed E-state index contributed by atoms with van der Waals surface area (Å²) in [6.07, 6.45) is 1.38. The fourth-order valence-corrected chi connectivity index (χ4v) is 1.50. The predicted molar refractivity (Wildman–Crippen MR) is 46.2 cm³/mol. The average molecular weight is 195 g/mol. The summed E-state index contributed by atoms with van der Waals surface area (Å²) in [5, 5.41) is 16.1. The Morgan fingerprint density at radius 2 is 2.46 bits per heavy atom. The number of nitrogens with zero attached hydrogens (tertiary/aromatic N) is 3. The first-order chi connectivity index (χ1) is 6.27. The molecule has 13 heavy (non-hydrogen) atoms. The van der Waals surface area contributed by atoms with Gasteiger partial charge in [-0.2, -0.15) is 11.3 Å². The standard InChI is InChI=1S/C7H5N3O2S/c11-7(12)6-8-4-10(9-6)5-1-2-13-3-5/h1-4H,(H,11,12). The third-order valence-electron chi connectivity index (χ3n) is 1.45. The molecule has 0 saturated carbocycles. The third-order valence-corrected chi connectivity index (χ3v) is 2.12. The molecule has 0 aliphatic heterocycles. The molecule has 5 nitrogen and oxygen atoms in total. The van der Waals surface area contributed by atoms with E-state index in [-0.39, 0.29) is 5.82 Å². The molecule has 0 aliphatic rings. The molecule has 0 saturated heterocycles. The number of hydrogen-bond donors (Lipinski definition) is 1. The van der Waals surface area contributed by atoms with Crippen LogP contribution in [0.25, 0.3) is 5.69 Å². The fraction of sp³-hybridized carbons (Fsp3) is 0. The van der Waals surface area contributed by atoms with E-state index in [4.69, 9.17) is 5.11 Å². The van der Waals surface area contributed by atoms with E-state index >= 15 is 0 Å². The largest absolute Gasteiger partial charge is 0.475 e. The molecular weight excluding hydrogens is 190 g/mol. The highest BCUT2D eigenvalue weighted by molar-refractivity contribution is 7.08. The van der Waals surface area contributed by atoms with Crippen molar-refractivity contribution in [1.29, 1.82) is 0 Å². The van der Waals surface area contributed by atoms with E-state index in [1.54, 1.807) is 0 Å². The van der Waals surface area contributed by atoms with Crippen molar-refractivity contribution in [1.82, 2.24) is 14.8 Å². The molecule has 2 rings (SSSR count). The molecule has 0 aliphatic carbocycles. The first kappa shape index (κ1) is 7.93. The Morgan fingerprint density at radius 3 is 3.00 bits per heavy atom. The van der Waals surface area contributed by atoms with Gasteiger partial charge in [0, 0.05) is 5.38 Å². The number of hydrogen-bond acceptors (Lipinski definition) is 4. The van der Waals surface area contributed by atoms with E-state index in [1.807, 2.05) is 16.8 Å². The highest BCUT2D eigenvalue weighted by Crippen LogP contribution is 2.10. The van der Waals surface area contributed by atoms with E-state index < -0.39 is 5.97 Å². The predicted octanol–water partition coefficient (Wildman–Crippen LogP) is 1.03. The maximum absolute atomic E-state index is 10.4. The molecule has 0 bridgehead atoms. The van der Waals surface area contributed by atoms with E-state index in [2.05, 4.69) is 10.1 Å². The molecule has 2 heterocycles. The summed E-state index contributed by atoms with van der Waals surface area (Å²) in [6.45, 7) is 0. The van der Waals surface area contributed by atoms with Crippen LogP contribution in [0, 0.1) is 0 Å². The van der Waals surface area contributed by atoms with Gasteiger partial charge in [-0.05, 0) is 11.4 Å². The van der Waals surface area contributed by atoms with E-state index in [0.717, 1.165) is 5.69 Å². The molecule has 2 aromatic rings. The molecule has 6 heteroatoms. The van der Waals surface area contributed by atoms with Crippen molar-refractivity contribution in [2.75, 3.05) is 0 Å². The summed E-state index contributed by atoms with van der Waals surface area (Å²) in [5.41, 5.74) is 0.824. The molecule has 0 unspecified atom stereocenters. The summed E-state index contributed by atoms with van der Waals surface area (Å²) < 4.78 is 1.43. The fourth-order valence-electron chi connectivity index (χ4n) is 0.873. The Hall–Kier alpha value is -1.69. The lowest BCUT2D eigenvalue weighted by Crippen LogP contribution is -2.01. The van der Waals surface area contributed by atoms with Crippen molar-refractivity contribution in [3.05, 3.63) is 29.0 Å². The molecule has 0 radical (unpaired) electrons. The van der Waals surface area contributed by atoms with Crippen molar-refractivity contribution in [2.45, 2.75) is 0 Å². The average Bonchev–Trinajstić information content (AvgIpc) is 2.75. The van der Waals surface area contributed by atoms with E-state index in [1.165, 1.54) is 22.3 Å². The Balaban J connectivity index is 2.39. The van der Waals surface area contributed by atoms with Crippen LogP contribution in [-0.4, -0.2) is 25.8 Å². The zero-order chi connectivity index (χ0) is 9.26. The molecular formula is C7H5N3O2S. The highest BCUT2D eigenvalue weighted by Gasteiger charge is 2.09. The summed E-state index contributed by atoms with van der Waals surface area (Å²) in [4.78, 5) is 14.1. The van der Waals surface area contributed by atoms with Gasteiger partial charge in [-0.3, -0.25) is 0 Å². The number of rotatable bonds is 2. The maximum atomic E-state index is 10.4. The SMILES string of the molecule is O=C(O)c1ncn(-c2ccsc2)n1. The molecule has 0 spiro atoms. The van der Waals surface area contributed by atoms with Gasteiger partial charge in [-0.15, -0.1) is 5.10 Å². The van der Waals surface area contributed by atoms with Crippen LogP contribution in [0.4, 0.5) is 0 Å². The second-order valence-corrected chi connectivity index (χ2v) is 3.08. The molecule has 0 aromatic carbocycles. The van der Waals surface area contributed by atoms with Crippen LogP contribution in [0.15, 0.2) is 23.2 Å². The Labute approximate surface area is 77.3 Å². The Bertz CT molecular complexity index is 421. The molecule has 0 fully saturated rings. The molecule has 0 atom stereocenters. The van der Waals surface area contributed by atoms with Gasteiger partial charge in [0.05, 0.1) is 5.69 Å². The topological polar surface area (TPSA) is 68.0 Å². The number of aromatic nitrogens is 3. The number of carbonyl (C=O) groups is 1. The Morgan fingerprint density at radius 1 is 1.62 bits per heavy atom. The maximum Gasteiger partial charge on any atom is 0.375 e. The van der Waals surface area contributed by atoms with Crippen molar-refractivity contribution in [2.24, 2.45) is 0 Å². The molecule has 66 valence electrons. The van der Waals surface area contributed by atoms with Crippen LogP contribution in [0.5, 0.6) is 0 Å². The first-order valence-electron chi connectivity index (χ1n) is 3.45. The van der Waals surface area contributed by atoms with Gasteiger partial charge in [-0.1, -0.05) is 0 Å². The number of thiophene rings is 1. The van der Waals surface area contributed by atoms with Crippen LogP contribution in [0.1, 0.15) is 10.6 Å². The molecule has 2 aromatic heterocycles. The van der Waals surface area contributed by atoms with Gasteiger partial charge in [-0.25, -0.2) is 14.5 Å². The monoisotopic (exact) mass is 195 g/mol. The van der Waals surface area contributed by atoms with Crippen LogP contribution in [-0.2, 0) is 0 Å². The first-order valence-corrected chi connectivity index (χ1v) is 4.39. The second-order valence-electron chi connectivity index (χ2n) is 2.30. The number of carboxylic acid groups (broad SMARTS) is 1. The van der Waals surface area contributed by atoms with Gasteiger partial charge in [0.25, 0.3) is 5.82 Å². The zero-order valence-electron chi connectivity index (χ0n) is 6.41. The summed E-state index contributed by atoms with van der Waals surface area (Å²) >= 11 is 1.52. The minimum atomic E-state index is -1.12. The van der Waals surface area contributed by atoms with Gasteiger partial charge >= 0.3 is 5.97 Å². The number of aromatic carboxylic acids is 1. The van der Waals surface area contributed by atoms with Crippen molar-refractivity contribution in [3.63, 3.8) is 0 Å². The summed E-state index contributed by atoms with van der Waals surface area (Å²) in [5.74, 6) is -1.31. The summed E-state index contributed by atoms with van der Waals surface area (Å²) in [6, 6.07) is 1.84. The van der Waals surface area contributed by atoms with E-state index in [0.29, 0.717) is 0 Å². The zero-order valence-corrected chi connectivity index (χ0v) is 7.23. The van der Waals surface area contributed by atoms with Crippen LogP contribution in [0.2, 0.25) is 0 Å². The lowest BCUT2D eigenvalue weighted by molar-refractivity contribution is 0.0683. The minimum absolute atomic E-state index is 0.189. The van der Waals surface area contributed by atoms with Crippen molar-refractivity contribution in [3.8, 4) is 5.69 Å². The molecule has 1 N–H and O–H groups in total. The van der Waals surface area contributed by atoms with Crippen LogP contribution in [0.3, 0.4) is 0 Å². The van der Waals surface area contributed by atoms with Crippen molar-refractivity contribution >= 4 is 17.3 Å². The van der Waals surface area contributed by atoms with Crippen LogP contribution < -0.4 is 0 Å². The van der Waals surface area contributed by atoms with Crippen LogP contribution >= 0.6 is 11.3 Å². The second kappa shape index (κ2) is 2.98. The van der Waals surface area contributed by atoms with E-state index in [9.17, 15) is 4.79 Å². The normalized spacial score (nSPS) is 10.2. The van der Waals surface area contributed by atoms with Gasteiger partial charge in [0.1, 0.15) is 6.33 Å². The Kier molecular flexibility index (Phi) is 1.82. The smallest absolute Gasteiger partial charge is 0.375 e. The summed E-state index contributed by atoms with van der Waals surface area (Å²) in [7, 11) is 0. The quantitative estimate of drug-likeness (QED) is 0.777. The lowest BCUT2D eigenvalue weighted by Gasteiger charge is -1.91. The van der Waals surface area contributed by atoms with Gasteiger partial charge in [0.15, 0.2) is 0 Å². The van der Waals surface area contributed by atoms with Crippen molar-refractivity contribution < 1.29 is 9.90 Å².